The highest BCUT2D eigenvalue weighted by atomic mass is 16.5. The van der Waals surface area contributed by atoms with Crippen molar-refractivity contribution in [3.8, 4) is 0 Å². The van der Waals surface area contributed by atoms with E-state index in [2.05, 4.69) is 0 Å². The molecule has 0 fully saturated rings. The Kier molecular flexibility index (Phi) is 3.35. The number of Topliss-reactive ketones (excluding diaryl/α,β-unsaturated/α-hetero) is 2. The van der Waals surface area contributed by atoms with Crippen molar-refractivity contribution in [2.24, 2.45) is 0 Å². The van der Waals surface area contributed by atoms with Gasteiger partial charge in [0.25, 0.3) is 0 Å². The van der Waals surface area contributed by atoms with E-state index < -0.39 is 18.4 Å². The van der Waals surface area contributed by atoms with E-state index in [4.69, 9.17) is 4.74 Å². The second-order valence-electron chi connectivity index (χ2n) is 4.21. The molecule has 0 aromatic rings. The summed E-state index contributed by atoms with van der Waals surface area (Å²) in [6, 6.07) is -0.854. The van der Waals surface area contributed by atoms with Crippen LogP contribution in [0, 0.1) is 0 Å². The van der Waals surface area contributed by atoms with Crippen LogP contribution in [0.2, 0.25) is 0 Å². The van der Waals surface area contributed by atoms with Crippen molar-refractivity contribution in [2.45, 2.75) is 13.0 Å². The fourth-order valence-electron chi connectivity index (χ4n) is 2.29. The Morgan fingerprint density at radius 1 is 1.42 bits per heavy atom. The van der Waals surface area contributed by atoms with Crippen molar-refractivity contribution in [3.63, 3.8) is 0 Å². The number of allylic oxidation sites excluding steroid dienone is 4. The van der Waals surface area contributed by atoms with Gasteiger partial charge in [-0.05, 0) is 13.0 Å². The van der Waals surface area contributed by atoms with Gasteiger partial charge in [0.1, 0.15) is 0 Å². The summed E-state index contributed by atoms with van der Waals surface area (Å²) in [4.78, 5) is 36.5. The molecule has 1 heterocycles. The Bertz CT molecular complexity index is 555. The van der Waals surface area contributed by atoms with Crippen LogP contribution in [0.1, 0.15) is 6.92 Å². The maximum atomic E-state index is 12.3. The number of hydrogen-bond acceptors (Lipinski definition) is 5. The minimum Gasteiger partial charge on any atom is -0.492 e. The average Bonchev–Trinajstić information content (AvgIpc) is 2.43. The van der Waals surface area contributed by atoms with Gasteiger partial charge in [-0.1, -0.05) is 0 Å². The molecule has 1 unspecified atom stereocenters. The molecule has 0 saturated carbocycles. The lowest BCUT2D eigenvalue weighted by molar-refractivity contribution is -0.121. The van der Waals surface area contributed by atoms with Crippen LogP contribution >= 0.6 is 0 Å². The molecular weight excluding hydrogens is 250 g/mol. The first-order valence-electron chi connectivity index (χ1n) is 5.67. The van der Waals surface area contributed by atoms with Crippen molar-refractivity contribution in [2.75, 3.05) is 13.7 Å². The van der Waals surface area contributed by atoms with Crippen LogP contribution in [0.4, 0.5) is 0 Å². The standard InChI is InChI=1S/C13H13NO5/c1-7-11(17)8-3-4-14(6-16)9(5-15)10(8)12(18)13(7)19-2/h3-4,6,9,15H,5H2,1-2H3. The highest BCUT2D eigenvalue weighted by Gasteiger charge is 2.39. The first-order valence-corrected chi connectivity index (χ1v) is 5.67. The number of amides is 1. The zero-order valence-corrected chi connectivity index (χ0v) is 10.5. The third kappa shape index (κ3) is 1.80. The topological polar surface area (TPSA) is 83.9 Å². The highest BCUT2D eigenvalue weighted by molar-refractivity contribution is 6.26. The molecule has 0 bridgehead atoms. The fourth-order valence-corrected chi connectivity index (χ4v) is 2.29. The van der Waals surface area contributed by atoms with E-state index in [0.717, 1.165) is 4.90 Å². The van der Waals surface area contributed by atoms with Crippen molar-refractivity contribution in [1.82, 2.24) is 4.90 Å². The van der Waals surface area contributed by atoms with Gasteiger partial charge < -0.3 is 14.7 Å². The van der Waals surface area contributed by atoms with Gasteiger partial charge in [0, 0.05) is 22.9 Å². The van der Waals surface area contributed by atoms with Crippen LogP contribution in [0.5, 0.6) is 0 Å². The first-order chi connectivity index (χ1) is 9.06. The molecule has 0 radical (unpaired) electrons. The van der Waals surface area contributed by atoms with E-state index in [1.807, 2.05) is 0 Å². The van der Waals surface area contributed by atoms with Crippen molar-refractivity contribution >= 4 is 18.0 Å². The van der Waals surface area contributed by atoms with Crippen LogP contribution in [-0.2, 0) is 19.1 Å². The number of rotatable bonds is 3. The largest absolute Gasteiger partial charge is 0.492 e. The van der Waals surface area contributed by atoms with Crippen molar-refractivity contribution < 1.29 is 24.2 Å². The number of aliphatic hydroxyl groups is 1. The maximum absolute atomic E-state index is 12.3. The van der Waals surface area contributed by atoms with E-state index in [9.17, 15) is 19.5 Å². The number of ketones is 2. The third-order valence-corrected chi connectivity index (χ3v) is 3.27. The van der Waals surface area contributed by atoms with Gasteiger partial charge >= 0.3 is 0 Å². The molecule has 1 N–H and O–H groups in total. The number of hydrogen-bond donors (Lipinski definition) is 1. The van der Waals surface area contributed by atoms with E-state index in [0.29, 0.717) is 6.41 Å². The molecular formula is C13H13NO5. The Morgan fingerprint density at radius 3 is 2.63 bits per heavy atom. The summed E-state index contributed by atoms with van der Waals surface area (Å²) < 4.78 is 4.96. The van der Waals surface area contributed by atoms with E-state index >= 15 is 0 Å². The Balaban J connectivity index is 2.58. The lowest BCUT2D eigenvalue weighted by atomic mass is 9.83. The SMILES string of the molecule is COC1=C(C)C(=O)C2=C(C1=O)C(CO)N(C=O)C=C2. The normalized spacial score (nSPS) is 22.9. The van der Waals surface area contributed by atoms with Gasteiger partial charge in [-0.25, -0.2) is 0 Å². The summed E-state index contributed by atoms with van der Waals surface area (Å²) >= 11 is 0. The smallest absolute Gasteiger partial charge is 0.226 e. The van der Waals surface area contributed by atoms with Crippen LogP contribution in [0.15, 0.2) is 34.8 Å². The summed E-state index contributed by atoms with van der Waals surface area (Å²) in [6.07, 6.45) is 3.28. The minimum atomic E-state index is -0.854. The van der Waals surface area contributed by atoms with Gasteiger partial charge in [-0.15, -0.1) is 0 Å². The molecule has 0 spiro atoms. The molecule has 1 atom stereocenters. The van der Waals surface area contributed by atoms with Gasteiger partial charge in [0.2, 0.25) is 12.2 Å². The van der Waals surface area contributed by atoms with Crippen molar-refractivity contribution in [1.29, 1.82) is 0 Å². The average molecular weight is 263 g/mol. The molecule has 100 valence electrons. The number of ether oxygens (including phenoxy) is 1. The monoisotopic (exact) mass is 263 g/mol. The van der Waals surface area contributed by atoms with Crippen molar-refractivity contribution in [3.05, 3.63) is 34.8 Å². The summed E-state index contributed by atoms with van der Waals surface area (Å²) in [7, 11) is 1.31. The second kappa shape index (κ2) is 4.81. The molecule has 1 amide bonds. The molecule has 6 nitrogen and oxygen atoms in total. The van der Waals surface area contributed by atoms with E-state index in [1.165, 1.54) is 26.3 Å². The molecule has 1 aliphatic heterocycles. The van der Waals surface area contributed by atoms with Crippen LogP contribution in [0.25, 0.3) is 0 Å². The Hall–Kier alpha value is -2.21. The number of nitrogens with zero attached hydrogens (tertiary/aromatic N) is 1. The second-order valence-corrected chi connectivity index (χ2v) is 4.21. The van der Waals surface area contributed by atoms with Gasteiger partial charge in [0.15, 0.2) is 11.5 Å². The molecule has 6 heteroatoms. The van der Waals surface area contributed by atoms with Crippen LogP contribution in [-0.4, -0.2) is 47.7 Å². The zero-order chi connectivity index (χ0) is 14.2. The molecule has 0 aromatic carbocycles. The number of carbonyl (C=O) groups excluding carboxylic acids is 3. The number of methoxy groups -OCH3 is 1. The lowest BCUT2D eigenvalue weighted by Gasteiger charge is -2.32. The zero-order valence-electron chi connectivity index (χ0n) is 10.5. The number of carbonyl (C=O) groups is 3. The highest BCUT2D eigenvalue weighted by Crippen LogP contribution is 2.32. The van der Waals surface area contributed by atoms with Crippen LogP contribution < -0.4 is 0 Å². The molecule has 1 aliphatic carbocycles. The Morgan fingerprint density at radius 2 is 2.11 bits per heavy atom. The molecule has 2 rings (SSSR count). The van der Waals surface area contributed by atoms with Crippen LogP contribution in [0.3, 0.4) is 0 Å². The summed E-state index contributed by atoms with van der Waals surface area (Å²) in [6.45, 7) is 1.06. The van der Waals surface area contributed by atoms with Gasteiger partial charge in [0.05, 0.1) is 19.8 Å². The van der Waals surface area contributed by atoms with E-state index in [1.54, 1.807) is 0 Å². The number of aliphatic hydroxyl groups excluding tert-OH is 1. The lowest BCUT2D eigenvalue weighted by Crippen LogP contribution is -2.43. The fraction of sp³-hybridized carbons (Fsp3) is 0.308. The molecule has 0 aromatic heterocycles. The van der Waals surface area contributed by atoms with Gasteiger partial charge in [-0.3, -0.25) is 14.4 Å². The maximum Gasteiger partial charge on any atom is 0.226 e. The summed E-state index contributed by atoms with van der Waals surface area (Å²) in [5.74, 6) is -0.833. The van der Waals surface area contributed by atoms with Gasteiger partial charge in [-0.2, -0.15) is 0 Å². The summed E-state index contributed by atoms with van der Waals surface area (Å²) in [5, 5.41) is 9.37. The predicted molar refractivity (Wildman–Crippen MR) is 64.7 cm³/mol. The minimum absolute atomic E-state index is 0.0386. The molecule has 2 aliphatic rings. The molecule has 19 heavy (non-hydrogen) atoms. The quantitative estimate of drug-likeness (QED) is 0.558. The third-order valence-electron chi connectivity index (χ3n) is 3.27. The molecule has 0 saturated heterocycles. The Labute approximate surface area is 109 Å². The first kappa shape index (κ1) is 13.2. The predicted octanol–water partition coefficient (Wildman–Crippen LogP) is -0.298. The van der Waals surface area contributed by atoms with E-state index in [-0.39, 0.29) is 28.3 Å². The summed E-state index contributed by atoms with van der Waals surface area (Å²) in [5.41, 5.74) is 0.539.